The van der Waals surface area contributed by atoms with Crippen LogP contribution in [-0.4, -0.2) is 4.98 Å². The fraction of sp³-hybridized carbons (Fsp3) is 0. The van der Waals surface area contributed by atoms with E-state index in [0.29, 0.717) is 0 Å². The van der Waals surface area contributed by atoms with E-state index in [4.69, 9.17) is 0 Å². The summed E-state index contributed by atoms with van der Waals surface area (Å²) in [5.41, 5.74) is 2.48. The second-order valence-corrected chi connectivity index (χ2v) is 3.37. The summed E-state index contributed by atoms with van der Waals surface area (Å²) < 4.78 is 0. The fourth-order valence-electron chi connectivity index (χ4n) is 1.43. The van der Waals surface area contributed by atoms with Gasteiger partial charge in [-0.15, -0.1) is 29.8 Å². The Labute approximate surface area is 112 Å². The van der Waals surface area contributed by atoms with Crippen LogP contribution in [0.3, 0.4) is 0 Å². The van der Waals surface area contributed by atoms with E-state index in [1.54, 1.807) is 0 Å². The molecule has 0 N–H and O–H groups in total. The summed E-state index contributed by atoms with van der Waals surface area (Å²) in [6.45, 7) is 0. The summed E-state index contributed by atoms with van der Waals surface area (Å²) in [6.07, 6.45) is 3.62. The predicted molar refractivity (Wildman–Crippen MR) is 67.3 cm³/mol. The van der Waals surface area contributed by atoms with Gasteiger partial charge in [0.15, 0.2) is 0 Å². The second kappa shape index (κ2) is 7.61. The summed E-state index contributed by atoms with van der Waals surface area (Å²) in [7, 11) is 0. The summed E-state index contributed by atoms with van der Waals surface area (Å²) in [5, 5.41) is 0. The van der Waals surface area contributed by atoms with Crippen molar-refractivity contribution in [2.45, 2.75) is 0 Å². The van der Waals surface area contributed by atoms with E-state index in [-0.39, 0.29) is 17.1 Å². The van der Waals surface area contributed by atoms with Gasteiger partial charge >= 0.3 is 0 Å². The molecule has 0 atom stereocenters. The zero-order valence-corrected chi connectivity index (χ0v) is 10.4. The van der Waals surface area contributed by atoms with Gasteiger partial charge in [0.25, 0.3) is 0 Å². The van der Waals surface area contributed by atoms with Gasteiger partial charge in [0, 0.05) is 17.1 Å². The average molecular weight is 263 g/mol. The predicted octanol–water partition coefficient (Wildman–Crippen LogP) is 3.87. The van der Waals surface area contributed by atoms with Crippen molar-refractivity contribution in [1.29, 1.82) is 0 Å². The molecule has 2 heteroatoms. The molecule has 0 saturated heterocycles. The molecule has 0 fully saturated rings. The van der Waals surface area contributed by atoms with Crippen LogP contribution in [0.15, 0.2) is 79.1 Å². The molecule has 0 aliphatic carbocycles. The van der Waals surface area contributed by atoms with Crippen LogP contribution in [0.1, 0.15) is 0 Å². The van der Waals surface area contributed by atoms with Crippen LogP contribution in [-0.2, 0) is 17.1 Å². The summed E-state index contributed by atoms with van der Waals surface area (Å²) in [4.78, 5) is 3.96. The largest absolute Gasteiger partial charge is 0.281 e. The maximum Gasteiger partial charge on any atom is 0 e. The minimum atomic E-state index is 0. The standard InChI is InChI=1S/C10H8N.C5H5.Fe/c1-2-4-9(3-1)10-5-7-11-8-6-10;1-2-4-5-3-1;/h1-8H;1-5H;/q2*-1;. The molecule has 0 bridgehead atoms. The Bertz CT molecular complexity index is 452. The number of aromatic nitrogens is 1. The van der Waals surface area contributed by atoms with Gasteiger partial charge < -0.3 is 0 Å². The quantitative estimate of drug-likeness (QED) is 0.479. The molecule has 0 aliphatic rings. The van der Waals surface area contributed by atoms with Crippen LogP contribution < -0.4 is 0 Å². The molecule has 1 aromatic heterocycles. The molecular weight excluding hydrogens is 250 g/mol. The average Bonchev–Trinajstić information content (AvgIpc) is 3.07. The van der Waals surface area contributed by atoms with Gasteiger partial charge in [0.05, 0.1) is 0 Å². The van der Waals surface area contributed by atoms with Crippen LogP contribution in [0.2, 0.25) is 0 Å². The van der Waals surface area contributed by atoms with Crippen molar-refractivity contribution in [3.8, 4) is 11.1 Å². The van der Waals surface area contributed by atoms with Gasteiger partial charge in [0.1, 0.15) is 0 Å². The van der Waals surface area contributed by atoms with E-state index < -0.39 is 0 Å². The first-order chi connectivity index (χ1) is 7.97. The SMILES string of the molecule is [Fe].c1cc[c-](-c2ccncc2)c1.c1cc[cH-]c1. The summed E-state index contributed by atoms with van der Waals surface area (Å²) in [5.74, 6) is 0. The first kappa shape index (κ1) is 13.4. The molecule has 0 unspecified atom stereocenters. The van der Waals surface area contributed by atoms with Crippen LogP contribution in [0.25, 0.3) is 11.1 Å². The topological polar surface area (TPSA) is 12.9 Å². The first-order valence-corrected chi connectivity index (χ1v) is 5.25. The normalized spacial score (nSPS) is 8.71. The monoisotopic (exact) mass is 263 g/mol. The van der Waals surface area contributed by atoms with Gasteiger partial charge in [-0.25, -0.2) is 12.1 Å². The molecule has 1 heterocycles. The Morgan fingerprint density at radius 2 is 1.47 bits per heavy atom. The van der Waals surface area contributed by atoms with Gasteiger partial charge in [-0.05, 0) is 12.4 Å². The first-order valence-electron chi connectivity index (χ1n) is 5.25. The van der Waals surface area contributed by atoms with Gasteiger partial charge in [-0.1, -0.05) is 5.56 Å². The fourth-order valence-corrected chi connectivity index (χ4v) is 1.43. The van der Waals surface area contributed by atoms with Crippen molar-refractivity contribution >= 4 is 0 Å². The van der Waals surface area contributed by atoms with Gasteiger partial charge in [0.2, 0.25) is 0 Å². The molecule has 0 amide bonds. The minimum Gasteiger partial charge on any atom is -0.281 e. The molecule has 1 nitrogen and oxygen atoms in total. The number of hydrogen-bond donors (Lipinski definition) is 0. The van der Waals surface area contributed by atoms with E-state index in [1.807, 2.05) is 67.0 Å². The molecule has 2 aromatic carbocycles. The third-order valence-electron chi connectivity index (χ3n) is 2.23. The summed E-state index contributed by atoms with van der Waals surface area (Å²) in [6, 6.07) is 22.3. The Morgan fingerprint density at radius 1 is 0.882 bits per heavy atom. The van der Waals surface area contributed by atoms with Crippen LogP contribution in [0.4, 0.5) is 0 Å². The van der Waals surface area contributed by atoms with E-state index >= 15 is 0 Å². The van der Waals surface area contributed by atoms with Crippen molar-refractivity contribution in [2.24, 2.45) is 0 Å². The van der Waals surface area contributed by atoms with Crippen LogP contribution >= 0.6 is 0 Å². The molecule has 0 saturated carbocycles. The molecule has 3 rings (SSSR count). The van der Waals surface area contributed by atoms with Crippen molar-refractivity contribution < 1.29 is 17.1 Å². The molecule has 3 aromatic rings. The number of rotatable bonds is 1. The molecule has 0 radical (unpaired) electrons. The Hall–Kier alpha value is -1.63. The second-order valence-electron chi connectivity index (χ2n) is 3.37. The Morgan fingerprint density at radius 3 is 1.94 bits per heavy atom. The van der Waals surface area contributed by atoms with Crippen molar-refractivity contribution in [2.75, 3.05) is 0 Å². The molecular formula is C15H13FeN-2. The van der Waals surface area contributed by atoms with E-state index in [9.17, 15) is 0 Å². The van der Waals surface area contributed by atoms with Crippen LogP contribution in [0, 0.1) is 0 Å². The Kier molecular flexibility index (Phi) is 6.02. The van der Waals surface area contributed by atoms with E-state index in [1.165, 1.54) is 11.1 Å². The molecule has 88 valence electrons. The molecule has 17 heavy (non-hydrogen) atoms. The van der Waals surface area contributed by atoms with Crippen molar-refractivity contribution in [3.63, 3.8) is 0 Å². The Balaban J connectivity index is 0.000000205. The number of nitrogens with zero attached hydrogens (tertiary/aromatic N) is 1. The van der Waals surface area contributed by atoms with E-state index in [0.717, 1.165) is 0 Å². The summed E-state index contributed by atoms with van der Waals surface area (Å²) >= 11 is 0. The maximum atomic E-state index is 3.96. The minimum absolute atomic E-state index is 0. The number of hydrogen-bond acceptors (Lipinski definition) is 1. The molecule has 0 aliphatic heterocycles. The third kappa shape index (κ3) is 4.39. The third-order valence-corrected chi connectivity index (χ3v) is 2.23. The zero-order chi connectivity index (χ0) is 11.1. The van der Waals surface area contributed by atoms with Crippen molar-refractivity contribution in [1.82, 2.24) is 4.98 Å². The van der Waals surface area contributed by atoms with Gasteiger partial charge in [-0.2, -0.15) is 30.3 Å². The smallest absolute Gasteiger partial charge is 0 e. The molecule has 0 spiro atoms. The van der Waals surface area contributed by atoms with E-state index in [2.05, 4.69) is 17.1 Å². The van der Waals surface area contributed by atoms with Gasteiger partial charge in [-0.3, -0.25) is 4.98 Å². The number of pyridine rings is 1. The maximum absolute atomic E-state index is 3.96. The van der Waals surface area contributed by atoms with Crippen LogP contribution in [0.5, 0.6) is 0 Å². The van der Waals surface area contributed by atoms with Crippen molar-refractivity contribution in [3.05, 3.63) is 79.1 Å². The zero-order valence-electron chi connectivity index (χ0n) is 9.31.